The summed E-state index contributed by atoms with van der Waals surface area (Å²) in [6.07, 6.45) is 0. The molecule has 0 N–H and O–H groups in total. The quantitative estimate of drug-likeness (QED) is 0.730. The minimum atomic E-state index is 0.457. The van der Waals surface area contributed by atoms with Gasteiger partial charge < -0.3 is 0 Å². The molecule has 0 unspecified atom stereocenters. The van der Waals surface area contributed by atoms with E-state index in [2.05, 4.69) is 74.9 Å². The van der Waals surface area contributed by atoms with Crippen LogP contribution in [0.4, 0.5) is 0 Å². The first-order valence-corrected chi connectivity index (χ1v) is 9.48. The largest absolute Gasteiger partial charge is 0.224 e. The van der Waals surface area contributed by atoms with Gasteiger partial charge in [-0.1, -0.05) is 55.4 Å². The molecule has 6 heteroatoms. The molecule has 2 heterocycles. The molecule has 22 heavy (non-hydrogen) atoms. The van der Waals surface area contributed by atoms with Crippen molar-refractivity contribution in [2.75, 3.05) is 0 Å². The number of rotatable bonds is 4. The third-order valence-corrected chi connectivity index (χ3v) is 5.46. The summed E-state index contributed by atoms with van der Waals surface area (Å²) < 4.78 is 4.27. The van der Waals surface area contributed by atoms with Crippen molar-refractivity contribution < 1.29 is 0 Å². The third kappa shape index (κ3) is 5.72. The van der Waals surface area contributed by atoms with Gasteiger partial charge in [0.05, 0.1) is 0 Å². The summed E-state index contributed by atoms with van der Waals surface area (Å²) in [5.41, 5.74) is 0. The van der Waals surface area contributed by atoms with Crippen molar-refractivity contribution in [2.45, 2.75) is 79.1 Å². The Labute approximate surface area is 142 Å². The first-order chi connectivity index (χ1) is 10.2. The lowest BCUT2D eigenvalue weighted by Gasteiger charge is -1.96. The highest BCUT2D eigenvalue weighted by Crippen LogP contribution is 2.23. The molecule has 0 aromatic carbocycles. The zero-order valence-electron chi connectivity index (χ0n) is 14.9. The molecule has 0 aliphatic rings. The minimum absolute atomic E-state index is 0.457. The fraction of sp³-hybridized carbons (Fsp3) is 0.750. The van der Waals surface area contributed by atoms with Crippen LogP contribution in [0.3, 0.4) is 0 Å². The second kappa shape index (κ2) is 8.67. The molecule has 0 saturated heterocycles. The van der Waals surface area contributed by atoms with Gasteiger partial charge in [0.1, 0.15) is 20.8 Å². The highest BCUT2D eigenvalue weighted by atomic mass is 32.1. The maximum atomic E-state index is 4.42. The summed E-state index contributed by atoms with van der Waals surface area (Å²) in [6, 6.07) is 0. The van der Waals surface area contributed by atoms with Gasteiger partial charge in [0.25, 0.3) is 0 Å². The SMILES string of the molecule is CC(C)c1nnc(C(C)C)s1.CC(C)c1nsc(C(C)C)n1. The molecular formula is C16H28N4S2. The Balaban J connectivity index is 0.000000220. The van der Waals surface area contributed by atoms with E-state index in [1.54, 1.807) is 11.3 Å². The molecule has 2 aromatic rings. The van der Waals surface area contributed by atoms with Crippen LogP contribution in [0.15, 0.2) is 0 Å². The minimum Gasteiger partial charge on any atom is -0.224 e. The maximum absolute atomic E-state index is 4.42. The summed E-state index contributed by atoms with van der Waals surface area (Å²) in [4.78, 5) is 4.42. The average Bonchev–Trinajstić information content (AvgIpc) is 3.09. The molecule has 0 saturated carbocycles. The predicted molar refractivity (Wildman–Crippen MR) is 96.2 cm³/mol. The van der Waals surface area contributed by atoms with E-state index in [9.17, 15) is 0 Å². The van der Waals surface area contributed by atoms with E-state index in [0.717, 1.165) is 20.8 Å². The summed E-state index contributed by atoms with van der Waals surface area (Å²) in [7, 11) is 0. The van der Waals surface area contributed by atoms with Gasteiger partial charge in [-0.05, 0) is 11.5 Å². The maximum Gasteiger partial charge on any atom is 0.145 e. The Morgan fingerprint density at radius 3 is 1.32 bits per heavy atom. The van der Waals surface area contributed by atoms with Crippen LogP contribution in [0.25, 0.3) is 0 Å². The Morgan fingerprint density at radius 1 is 0.636 bits per heavy atom. The van der Waals surface area contributed by atoms with Crippen LogP contribution in [-0.4, -0.2) is 19.6 Å². The second-order valence-electron chi connectivity index (χ2n) is 6.59. The molecular weight excluding hydrogens is 312 g/mol. The smallest absolute Gasteiger partial charge is 0.145 e. The number of nitrogens with zero attached hydrogens (tertiary/aromatic N) is 4. The van der Waals surface area contributed by atoms with Crippen molar-refractivity contribution in [1.82, 2.24) is 19.6 Å². The molecule has 0 radical (unpaired) electrons. The van der Waals surface area contributed by atoms with E-state index in [4.69, 9.17) is 0 Å². The van der Waals surface area contributed by atoms with Crippen LogP contribution < -0.4 is 0 Å². The van der Waals surface area contributed by atoms with E-state index < -0.39 is 0 Å². The van der Waals surface area contributed by atoms with Crippen molar-refractivity contribution in [3.8, 4) is 0 Å². The molecule has 0 fully saturated rings. The van der Waals surface area contributed by atoms with E-state index in [0.29, 0.717) is 23.7 Å². The summed E-state index contributed by atoms with van der Waals surface area (Å²) in [5, 5.41) is 11.7. The second-order valence-corrected chi connectivity index (χ2v) is 8.41. The van der Waals surface area contributed by atoms with Crippen LogP contribution in [0.5, 0.6) is 0 Å². The Kier molecular flexibility index (Phi) is 7.56. The van der Waals surface area contributed by atoms with Crippen molar-refractivity contribution >= 4 is 22.9 Å². The zero-order chi connectivity index (χ0) is 16.9. The van der Waals surface area contributed by atoms with Gasteiger partial charge in [0.15, 0.2) is 0 Å². The summed E-state index contributed by atoms with van der Waals surface area (Å²) >= 11 is 3.25. The molecule has 0 aliphatic carbocycles. The van der Waals surface area contributed by atoms with Crippen LogP contribution in [0.1, 0.15) is 99.9 Å². The Morgan fingerprint density at radius 2 is 1.09 bits per heavy atom. The van der Waals surface area contributed by atoms with Gasteiger partial charge in [-0.25, -0.2) is 4.98 Å². The van der Waals surface area contributed by atoms with E-state index in [1.807, 2.05) is 0 Å². The highest BCUT2D eigenvalue weighted by molar-refractivity contribution is 7.11. The molecule has 124 valence electrons. The van der Waals surface area contributed by atoms with Crippen LogP contribution in [-0.2, 0) is 0 Å². The molecule has 0 spiro atoms. The van der Waals surface area contributed by atoms with E-state index in [-0.39, 0.29) is 0 Å². The molecule has 4 nitrogen and oxygen atoms in total. The average molecular weight is 341 g/mol. The van der Waals surface area contributed by atoms with Crippen molar-refractivity contribution in [3.05, 3.63) is 20.8 Å². The zero-order valence-corrected chi connectivity index (χ0v) is 16.5. The first kappa shape index (κ1) is 19.2. The van der Waals surface area contributed by atoms with Crippen LogP contribution >= 0.6 is 22.9 Å². The van der Waals surface area contributed by atoms with Crippen molar-refractivity contribution in [2.24, 2.45) is 0 Å². The number of aromatic nitrogens is 4. The summed E-state index contributed by atoms with van der Waals surface area (Å²) in [5.74, 6) is 2.98. The standard InChI is InChI=1S/2C8H14N2S/c1-5(2)7-9-10-8(11-7)6(3)4;1-5(2)7-9-8(6(3)4)11-10-7/h2*5-6H,1-4H3. The van der Waals surface area contributed by atoms with Gasteiger partial charge in [0.2, 0.25) is 0 Å². The summed E-state index contributed by atoms with van der Waals surface area (Å²) in [6.45, 7) is 17.1. The molecule has 0 atom stereocenters. The van der Waals surface area contributed by atoms with Crippen molar-refractivity contribution in [3.63, 3.8) is 0 Å². The highest BCUT2D eigenvalue weighted by Gasteiger charge is 2.10. The van der Waals surface area contributed by atoms with Gasteiger partial charge in [0, 0.05) is 23.7 Å². The van der Waals surface area contributed by atoms with Gasteiger partial charge in [-0.3, -0.25) is 0 Å². The number of hydrogen-bond donors (Lipinski definition) is 0. The van der Waals surface area contributed by atoms with Gasteiger partial charge in [-0.15, -0.1) is 21.5 Å². The van der Waals surface area contributed by atoms with E-state index in [1.165, 1.54) is 11.5 Å². The fourth-order valence-electron chi connectivity index (χ4n) is 1.43. The van der Waals surface area contributed by atoms with E-state index >= 15 is 0 Å². The molecule has 2 rings (SSSR count). The van der Waals surface area contributed by atoms with Gasteiger partial charge >= 0.3 is 0 Å². The predicted octanol–water partition coefficient (Wildman–Crippen LogP) is 5.57. The Hall–Kier alpha value is -0.880. The van der Waals surface area contributed by atoms with Gasteiger partial charge in [-0.2, -0.15) is 4.37 Å². The topological polar surface area (TPSA) is 51.6 Å². The molecule has 2 aromatic heterocycles. The van der Waals surface area contributed by atoms with Crippen molar-refractivity contribution in [1.29, 1.82) is 0 Å². The number of hydrogen-bond acceptors (Lipinski definition) is 6. The third-order valence-electron chi connectivity index (χ3n) is 2.91. The van der Waals surface area contributed by atoms with Crippen LogP contribution in [0, 0.1) is 0 Å². The van der Waals surface area contributed by atoms with Crippen LogP contribution in [0.2, 0.25) is 0 Å². The molecule has 0 amide bonds. The lowest BCUT2D eigenvalue weighted by atomic mass is 10.2. The monoisotopic (exact) mass is 340 g/mol. The molecule has 0 bridgehead atoms. The molecule has 0 aliphatic heterocycles. The lowest BCUT2D eigenvalue weighted by molar-refractivity contribution is 0.771. The lowest BCUT2D eigenvalue weighted by Crippen LogP contribution is -1.91. The Bertz CT molecular complexity index is 461. The normalized spacial score (nSPS) is 11.5. The first-order valence-electron chi connectivity index (χ1n) is 7.89. The fourth-order valence-corrected chi connectivity index (χ4v) is 3.06.